The van der Waals surface area contributed by atoms with Crippen molar-refractivity contribution in [1.82, 2.24) is 0 Å². The fraction of sp³-hybridized carbons (Fsp3) is 0.176. The van der Waals surface area contributed by atoms with Crippen LogP contribution in [-0.2, 0) is 19.6 Å². The molecule has 0 aromatic heterocycles. The van der Waals surface area contributed by atoms with E-state index in [1.807, 2.05) is 0 Å². The second kappa shape index (κ2) is 8.52. The predicted molar refractivity (Wildman–Crippen MR) is 98.4 cm³/mol. The van der Waals surface area contributed by atoms with E-state index in [9.17, 15) is 18.0 Å². The van der Waals surface area contributed by atoms with Crippen LogP contribution in [-0.4, -0.2) is 33.3 Å². The SMILES string of the molecule is COc1ccccc1NC(=O)[C@H](N=Nc1ccc(S(N)(=O)=O)cc1)C(C)=O. The van der Waals surface area contributed by atoms with Crippen molar-refractivity contribution in [3.05, 3.63) is 48.5 Å². The highest BCUT2D eigenvalue weighted by Crippen LogP contribution is 2.23. The summed E-state index contributed by atoms with van der Waals surface area (Å²) in [5.41, 5.74) is 0.655. The van der Waals surface area contributed by atoms with Crippen LogP contribution in [0.15, 0.2) is 63.7 Å². The summed E-state index contributed by atoms with van der Waals surface area (Å²) in [4.78, 5) is 24.1. The van der Waals surface area contributed by atoms with E-state index in [1.54, 1.807) is 24.3 Å². The topological polar surface area (TPSA) is 140 Å². The Kier molecular flexibility index (Phi) is 6.37. The van der Waals surface area contributed by atoms with Crippen molar-refractivity contribution in [1.29, 1.82) is 0 Å². The van der Waals surface area contributed by atoms with Crippen LogP contribution >= 0.6 is 0 Å². The minimum Gasteiger partial charge on any atom is -0.495 e. The van der Waals surface area contributed by atoms with E-state index in [-0.39, 0.29) is 10.6 Å². The summed E-state index contributed by atoms with van der Waals surface area (Å²) in [7, 11) is -2.36. The Morgan fingerprint density at radius 1 is 1.11 bits per heavy atom. The molecule has 0 bridgehead atoms. The molecule has 0 unspecified atom stereocenters. The van der Waals surface area contributed by atoms with Crippen molar-refractivity contribution in [3.8, 4) is 5.75 Å². The van der Waals surface area contributed by atoms with Crippen LogP contribution in [0.5, 0.6) is 5.75 Å². The first-order valence-corrected chi connectivity index (χ1v) is 9.25. The van der Waals surface area contributed by atoms with Gasteiger partial charge in [0, 0.05) is 0 Å². The lowest BCUT2D eigenvalue weighted by Gasteiger charge is -2.12. The maximum atomic E-state index is 12.4. The fourth-order valence-corrected chi connectivity index (χ4v) is 2.61. The Morgan fingerprint density at radius 3 is 2.30 bits per heavy atom. The van der Waals surface area contributed by atoms with Gasteiger partial charge >= 0.3 is 0 Å². The highest BCUT2D eigenvalue weighted by molar-refractivity contribution is 7.89. The summed E-state index contributed by atoms with van der Waals surface area (Å²) in [6, 6.07) is 10.6. The van der Waals surface area contributed by atoms with Crippen LogP contribution in [0.4, 0.5) is 11.4 Å². The zero-order valence-corrected chi connectivity index (χ0v) is 15.4. The van der Waals surface area contributed by atoms with Crippen LogP contribution in [0.25, 0.3) is 0 Å². The Morgan fingerprint density at radius 2 is 1.74 bits per heavy atom. The number of methoxy groups -OCH3 is 1. The number of ketones is 1. The molecule has 1 amide bonds. The number of nitrogens with two attached hydrogens (primary N) is 1. The zero-order valence-electron chi connectivity index (χ0n) is 14.6. The van der Waals surface area contributed by atoms with Crippen molar-refractivity contribution < 1.29 is 22.7 Å². The number of benzene rings is 2. The van der Waals surface area contributed by atoms with Gasteiger partial charge < -0.3 is 10.1 Å². The molecule has 0 aliphatic rings. The van der Waals surface area contributed by atoms with Gasteiger partial charge in [-0.3, -0.25) is 9.59 Å². The van der Waals surface area contributed by atoms with Gasteiger partial charge in [-0.15, -0.1) is 0 Å². The summed E-state index contributed by atoms with van der Waals surface area (Å²) in [6.45, 7) is 1.22. The lowest BCUT2D eigenvalue weighted by molar-refractivity contribution is -0.126. The van der Waals surface area contributed by atoms with E-state index >= 15 is 0 Å². The van der Waals surface area contributed by atoms with Crippen molar-refractivity contribution in [2.75, 3.05) is 12.4 Å². The summed E-state index contributed by atoms with van der Waals surface area (Å²) < 4.78 is 27.6. The molecule has 0 fully saturated rings. The summed E-state index contributed by atoms with van der Waals surface area (Å²) in [5, 5.41) is 15.2. The minimum atomic E-state index is -3.82. The number of hydrogen-bond acceptors (Lipinski definition) is 7. The maximum absolute atomic E-state index is 12.4. The number of hydrogen-bond donors (Lipinski definition) is 2. The lowest BCUT2D eigenvalue weighted by Crippen LogP contribution is -2.31. The van der Waals surface area contributed by atoms with Crippen LogP contribution < -0.4 is 15.2 Å². The number of para-hydroxylation sites is 2. The minimum absolute atomic E-state index is 0.0847. The summed E-state index contributed by atoms with van der Waals surface area (Å²) >= 11 is 0. The molecule has 10 heteroatoms. The lowest BCUT2D eigenvalue weighted by atomic mass is 10.2. The number of primary sulfonamides is 1. The molecule has 0 aliphatic carbocycles. The number of azo groups is 1. The van der Waals surface area contributed by atoms with Gasteiger partial charge in [0.2, 0.25) is 16.1 Å². The van der Waals surface area contributed by atoms with E-state index in [1.165, 1.54) is 38.3 Å². The molecule has 9 nitrogen and oxygen atoms in total. The fourth-order valence-electron chi connectivity index (χ4n) is 2.09. The van der Waals surface area contributed by atoms with Crippen molar-refractivity contribution in [2.24, 2.45) is 15.4 Å². The normalized spacial score (nSPS) is 12.6. The molecular weight excluding hydrogens is 372 g/mol. The Labute approximate surface area is 156 Å². The number of rotatable bonds is 7. The number of sulfonamides is 1. The second-order valence-corrected chi connectivity index (χ2v) is 7.02. The monoisotopic (exact) mass is 390 g/mol. The molecule has 1 atom stereocenters. The van der Waals surface area contributed by atoms with Crippen LogP contribution in [0, 0.1) is 0 Å². The van der Waals surface area contributed by atoms with Gasteiger partial charge in [-0.1, -0.05) is 12.1 Å². The highest BCUT2D eigenvalue weighted by atomic mass is 32.2. The van der Waals surface area contributed by atoms with Crippen molar-refractivity contribution >= 4 is 33.1 Å². The Hall–Kier alpha value is -3.11. The number of amides is 1. The summed E-state index contributed by atoms with van der Waals surface area (Å²) in [6.07, 6.45) is 0. The third-order valence-corrected chi connectivity index (χ3v) is 4.38. The Balaban J connectivity index is 2.18. The molecule has 142 valence electrons. The van der Waals surface area contributed by atoms with Crippen LogP contribution in [0.1, 0.15) is 6.92 Å². The van der Waals surface area contributed by atoms with E-state index in [0.29, 0.717) is 11.4 Å². The first-order valence-electron chi connectivity index (χ1n) is 7.70. The predicted octanol–water partition coefficient (Wildman–Crippen LogP) is 2.02. The molecule has 27 heavy (non-hydrogen) atoms. The van der Waals surface area contributed by atoms with E-state index < -0.39 is 27.8 Å². The third-order valence-electron chi connectivity index (χ3n) is 3.45. The van der Waals surface area contributed by atoms with Gasteiger partial charge in [-0.25, -0.2) is 13.6 Å². The molecule has 2 rings (SSSR count). The molecule has 2 aromatic carbocycles. The first-order chi connectivity index (χ1) is 12.7. The van der Waals surface area contributed by atoms with Gasteiger partial charge in [0.15, 0.2) is 5.78 Å². The Bertz CT molecular complexity index is 971. The van der Waals surface area contributed by atoms with Gasteiger partial charge in [-0.2, -0.15) is 10.2 Å². The van der Waals surface area contributed by atoms with Gasteiger partial charge in [0.1, 0.15) is 5.75 Å². The second-order valence-electron chi connectivity index (χ2n) is 5.46. The molecule has 3 N–H and O–H groups in total. The standard InChI is InChI=1S/C17H18N4O5S/c1-11(22)16(17(23)19-14-5-3-4-6-15(14)26-2)21-20-12-7-9-13(10-8-12)27(18,24)25/h3-10,16H,1-2H3,(H,19,23)(H2,18,24,25)/t16-/m1/s1. The highest BCUT2D eigenvalue weighted by Gasteiger charge is 2.24. The number of nitrogens with one attached hydrogen (secondary N) is 1. The largest absolute Gasteiger partial charge is 0.495 e. The number of carbonyl (C=O) groups is 2. The maximum Gasteiger partial charge on any atom is 0.258 e. The summed E-state index contributed by atoms with van der Waals surface area (Å²) in [5.74, 6) is -0.743. The van der Waals surface area contributed by atoms with E-state index in [4.69, 9.17) is 9.88 Å². The van der Waals surface area contributed by atoms with Gasteiger partial charge in [-0.05, 0) is 43.3 Å². The molecule has 0 heterocycles. The quantitative estimate of drug-likeness (QED) is 0.550. The van der Waals surface area contributed by atoms with Crippen molar-refractivity contribution in [2.45, 2.75) is 17.9 Å². The number of anilines is 1. The van der Waals surface area contributed by atoms with E-state index in [2.05, 4.69) is 15.5 Å². The molecule has 0 saturated carbocycles. The molecule has 0 radical (unpaired) electrons. The molecule has 2 aromatic rings. The average Bonchev–Trinajstić information content (AvgIpc) is 2.61. The van der Waals surface area contributed by atoms with E-state index in [0.717, 1.165) is 0 Å². The van der Waals surface area contributed by atoms with Crippen LogP contribution in [0.2, 0.25) is 0 Å². The number of nitrogens with zero attached hydrogens (tertiary/aromatic N) is 2. The zero-order chi connectivity index (χ0) is 20.0. The molecule has 0 spiro atoms. The third kappa shape index (κ3) is 5.43. The van der Waals surface area contributed by atoms with Crippen LogP contribution in [0.3, 0.4) is 0 Å². The first kappa shape index (κ1) is 20.2. The van der Waals surface area contributed by atoms with Gasteiger partial charge in [0.25, 0.3) is 5.91 Å². The molecular formula is C17H18N4O5S. The van der Waals surface area contributed by atoms with Crippen molar-refractivity contribution in [3.63, 3.8) is 0 Å². The molecule has 0 saturated heterocycles. The van der Waals surface area contributed by atoms with Gasteiger partial charge in [0.05, 0.1) is 23.4 Å². The average molecular weight is 390 g/mol. The smallest absolute Gasteiger partial charge is 0.258 e. The molecule has 0 aliphatic heterocycles. The number of carbonyl (C=O) groups excluding carboxylic acids is 2. The number of Topliss-reactive ketones (excluding diaryl/α,β-unsaturated/α-hetero) is 1. The number of ether oxygens (including phenoxy) is 1.